The third-order valence-corrected chi connectivity index (χ3v) is 6.60. The van der Waals surface area contributed by atoms with E-state index >= 15 is 0 Å². The van der Waals surface area contributed by atoms with Gasteiger partial charge in [-0.15, -0.1) is 0 Å². The fourth-order valence-corrected chi connectivity index (χ4v) is 4.84. The van der Waals surface area contributed by atoms with Crippen molar-refractivity contribution < 1.29 is 13.5 Å². The lowest BCUT2D eigenvalue weighted by Crippen LogP contribution is -2.40. The van der Waals surface area contributed by atoms with Gasteiger partial charge in [0.05, 0.1) is 16.8 Å². The minimum absolute atomic E-state index is 0.100. The van der Waals surface area contributed by atoms with Crippen molar-refractivity contribution in [3.63, 3.8) is 0 Å². The molecule has 0 bridgehead atoms. The maximum Gasteiger partial charge on any atom is 0.174 e. The summed E-state index contributed by atoms with van der Waals surface area (Å²) in [7, 11) is 0. The summed E-state index contributed by atoms with van der Waals surface area (Å²) in [5, 5.41) is 19.4. The molecule has 2 N–H and O–H groups in total. The largest absolute Gasteiger partial charge is 0.477 e. The predicted molar refractivity (Wildman–Crippen MR) is 138 cm³/mol. The van der Waals surface area contributed by atoms with Crippen molar-refractivity contribution >= 4 is 16.6 Å². The van der Waals surface area contributed by atoms with E-state index < -0.39 is 11.6 Å². The lowest BCUT2D eigenvalue weighted by atomic mass is 9.95. The first kappa shape index (κ1) is 24.2. The molecule has 0 amide bonds. The van der Waals surface area contributed by atoms with Crippen LogP contribution in [0.5, 0.6) is 5.75 Å². The molecule has 6 nitrogen and oxygen atoms in total. The molecule has 184 valence electrons. The standard InChI is InChI=1S/C29H23F2N5O/c30-21-12-20(13-22(31)15-21)26-17-35-27-5-4-18(14-25(27)28(26)36-9-6-23(34)7-10-36)24-3-1-2-19(16-33)29(24)37-11-8-32/h1-5,12-15,17,23H,6-7,9-11,34H2. The fraction of sp³-hybridized carbons (Fsp3) is 0.207. The van der Waals surface area contributed by atoms with Crippen molar-refractivity contribution in [2.24, 2.45) is 5.73 Å². The summed E-state index contributed by atoms with van der Waals surface area (Å²) >= 11 is 0. The number of piperidine rings is 1. The summed E-state index contributed by atoms with van der Waals surface area (Å²) in [5.74, 6) is -1.00. The van der Waals surface area contributed by atoms with Gasteiger partial charge >= 0.3 is 0 Å². The number of nitrogens with zero attached hydrogens (tertiary/aromatic N) is 4. The average molecular weight is 496 g/mol. The van der Waals surface area contributed by atoms with Gasteiger partial charge in [-0.05, 0) is 54.3 Å². The van der Waals surface area contributed by atoms with Crippen LogP contribution >= 0.6 is 0 Å². The van der Waals surface area contributed by atoms with E-state index in [0.717, 1.165) is 35.5 Å². The Kier molecular flexibility index (Phi) is 6.68. The van der Waals surface area contributed by atoms with Gasteiger partial charge in [-0.3, -0.25) is 4.98 Å². The normalized spacial score (nSPS) is 13.8. The van der Waals surface area contributed by atoms with Crippen molar-refractivity contribution in [3.8, 4) is 40.1 Å². The lowest BCUT2D eigenvalue weighted by Gasteiger charge is -2.34. The first-order chi connectivity index (χ1) is 18.0. The first-order valence-corrected chi connectivity index (χ1v) is 11.9. The molecule has 0 atom stereocenters. The highest BCUT2D eigenvalue weighted by molar-refractivity contribution is 6.02. The average Bonchev–Trinajstić information content (AvgIpc) is 2.90. The van der Waals surface area contributed by atoms with Crippen molar-refractivity contribution in [1.82, 2.24) is 4.98 Å². The number of para-hydroxylation sites is 1. The molecule has 1 fully saturated rings. The second kappa shape index (κ2) is 10.2. The Morgan fingerprint density at radius 1 is 0.973 bits per heavy atom. The first-order valence-electron chi connectivity index (χ1n) is 11.9. The number of fused-ring (bicyclic) bond motifs is 1. The molecular weight excluding hydrogens is 472 g/mol. The number of nitriles is 2. The molecule has 0 radical (unpaired) electrons. The lowest BCUT2D eigenvalue weighted by molar-refractivity contribution is 0.368. The zero-order valence-electron chi connectivity index (χ0n) is 19.9. The number of rotatable bonds is 5. The highest BCUT2D eigenvalue weighted by Gasteiger charge is 2.23. The second-order valence-electron chi connectivity index (χ2n) is 8.98. The molecule has 37 heavy (non-hydrogen) atoms. The summed E-state index contributed by atoms with van der Waals surface area (Å²) in [6.45, 7) is 1.18. The monoisotopic (exact) mass is 495 g/mol. The molecule has 1 aromatic heterocycles. The van der Waals surface area contributed by atoms with Crippen molar-refractivity contribution in [2.45, 2.75) is 18.9 Å². The van der Waals surface area contributed by atoms with Gasteiger partial charge in [0.25, 0.3) is 0 Å². The Morgan fingerprint density at radius 3 is 2.43 bits per heavy atom. The summed E-state index contributed by atoms with van der Waals surface area (Å²) in [4.78, 5) is 6.79. The molecule has 0 saturated carbocycles. The molecule has 1 aliphatic rings. The highest BCUT2D eigenvalue weighted by atomic mass is 19.1. The van der Waals surface area contributed by atoms with Crippen molar-refractivity contribution in [1.29, 1.82) is 10.5 Å². The van der Waals surface area contributed by atoms with E-state index in [-0.39, 0.29) is 12.6 Å². The Labute approximate surface area is 213 Å². The zero-order chi connectivity index (χ0) is 25.9. The molecule has 3 aromatic carbocycles. The highest BCUT2D eigenvalue weighted by Crippen LogP contribution is 2.41. The molecule has 8 heteroatoms. The molecule has 0 aliphatic carbocycles. The summed E-state index contributed by atoms with van der Waals surface area (Å²) in [6, 6.07) is 18.5. The van der Waals surface area contributed by atoms with Gasteiger partial charge in [0.2, 0.25) is 0 Å². The van der Waals surface area contributed by atoms with Crippen LogP contribution in [0.1, 0.15) is 18.4 Å². The van der Waals surface area contributed by atoms with E-state index in [9.17, 15) is 14.0 Å². The Bertz CT molecular complexity index is 1550. The third kappa shape index (κ3) is 4.80. The Balaban J connectivity index is 1.75. The number of halogens is 2. The molecule has 1 aliphatic heterocycles. The van der Waals surface area contributed by atoms with Crippen LogP contribution < -0.4 is 15.4 Å². The van der Waals surface area contributed by atoms with E-state index in [2.05, 4.69) is 16.0 Å². The Hall–Kier alpha value is -4.53. The van der Waals surface area contributed by atoms with E-state index in [0.29, 0.717) is 46.6 Å². The number of ether oxygens (including phenoxy) is 1. The zero-order valence-corrected chi connectivity index (χ0v) is 19.9. The summed E-state index contributed by atoms with van der Waals surface area (Å²) < 4.78 is 34.0. The number of nitrogens with two attached hydrogens (primary N) is 1. The van der Waals surface area contributed by atoms with E-state index in [4.69, 9.17) is 15.7 Å². The van der Waals surface area contributed by atoms with Gasteiger partial charge in [0.15, 0.2) is 6.61 Å². The van der Waals surface area contributed by atoms with Crippen LogP contribution in [0, 0.1) is 34.3 Å². The van der Waals surface area contributed by atoms with Crippen LogP contribution in [0.4, 0.5) is 14.5 Å². The number of hydrogen-bond donors (Lipinski definition) is 1. The molecule has 2 heterocycles. The smallest absolute Gasteiger partial charge is 0.174 e. The van der Waals surface area contributed by atoms with Crippen LogP contribution in [-0.4, -0.2) is 30.7 Å². The van der Waals surface area contributed by atoms with Gasteiger partial charge in [-0.25, -0.2) is 8.78 Å². The molecule has 0 spiro atoms. The van der Waals surface area contributed by atoms with E-state index in [1.165, 1.54) is 12.1 Å². The molecule has 1 saturated heterocycles. The van der Waals surface area contributed by atoms with Gasteiger partial charge in [0, 0.05) is 47.9 Å². The fourth-order valence-electron chi connectivity index (χ4n) is 4.84. The van der Waals surface area contributed by atoms with Gasteiger partial charge in [-0.2, -0.15) is 10.5 Å². The molecular formula is C29H23F2N5O. The van der Waals surface area contributed by atoms with Crippen LogP contribution in [0.25, 0.3) is 33.2 Å². The van der Waals surface area contributed by atoms with Crippen LogP contribution in [0.3, 0.4) is 0 Å². The Morgan fingerprint density at radius 2 is 1.73 bits per heavy atom. The maximum atomic E-state index is 14.2. The summed E-state index contributed by atoms with van der Waals surface area (Å²) in [5.41, 5.74) is 10.4. The van der Waals surface area contributed by atoms with Gasteiger partial charge in [0.1, 0.15) is 29.5 Å². The predicted octanol–water partition coefficient (Wildman–Crippen LogP) is 5.55. The molecule has 4 aromatic rings. The van der Waals surface area contributed by atoms with Gasteiger partial charge in [-0.1, -0.05) is 18.2 Å². The number of benzene rings is 3. The third-order valence-electron chi connectivity index (χ3n) is 6.60. The summed E-state index contributed by atoms with van der Waals surface area (Å²) in [6.07, 6.45) is 3.23. The number of pyridine rings is 1. The van der Waals surface area contributed by atoms with E-state index in [1.807, 2.05) is 30.3 Å². The van der Waals surface area contributed by atoms with Crippen LogP contribution in [-0.2, 0) is 0 Å². The molecule has 0 unspecified atom stereocenters. The van der Waals surface area contributed by atoms with Crippen LogP contribution in [0.2, 0.25) is 0 Å². The van der Waals surface area contributed by atoms with E-state index in [1.54, 1.807) is 18.3 Å². The van der Waals surface area contributed by atoms with Crippen molar-refractivity contribution in [3.05, 3.63) is 78.0 Å². The van der Waals surface area contributed by atoms with Gasteiger partial charge < -0.3 is 15.4 Å². The van der Waals surface area contributed by atoms with Crippen molar-refractivity contribution in [2.75, 3.05) is 24.6 Å². The molecule has 5 rings (SSSR count). The maximum absolute atomic E-state index is 14.2. The van der Waals surface area contributed by atoms with Crippen LogP contribution in [0.15, 0.2) is 60.8 Å². The quantitative estimate of drug-likeness (QED) is 0.390. The second-order valence-corrected chi connectivity index (χ2v) is 8.98. The topological polar surface area (TPSA) is 99.0 Å². The minimum Gasteiger partial charge on any atom is -0.477 e. The number of aromatic nitrogens is 1. The number of hydrogen-bond acceptors (Lipinski definition) is 6. The minimum atomic E-state index is -0.664. The SMILES string of the molecule is N#CCOc1c(C#N)cccc1-c1ccc2ncc(-c3cc(F)cc(F)c3)c(N3CCC(N)CC3)c2c1. The number of anilines is 1.